The first-order valence-electron chi connectivity index (χ1n) is 7.04. The monoisotopic (exact) mass is 279 g/mol. The molecule has 2 heterocycles. The van der Waals surface area contributed by atoms with Crippen LogP contribution < -0.4 is 10.2 Å². The fraction of sp³-hybridized carbons (Fsp3) is 0.692. The molecule has 7 nitrogen and oxygen atoms in total. The Bertz CT molecular complexity index is 443. The molecule has 1 aromatic heterocycles. The molecule has 0 amide bonds. The van der Waals surface area contributed by atoms with Crippen LogP contribution in [0.15, 0.2) is 12.4 Å². The number of rotatable bonds is 5. The molecule has 1 fully saturated rings. The minimum absolute atomic E-state index is 0.0757. The molecule has 0 saturated carbocycles. The summed E-state index contributed by atoms with van der Waals surface area (Å²) in [5.41, 5.74) is -0.0757. The Morgan fingerprint density at radius 3 is 2.65 bits per heavy atom. The van der Waals surface area contributed by atoms with Crippen LogP contribution in [0.2, 0.25) is 0 Å². The molecule has 1 N–H and O–H groups in total. The summed E-state index contributed by atoms with van der Waals surface area (Å²) in [6.07, 6.45) is 6.16. The van der Waals surface area contributed by atoms with E-state index < -0.39 is 4.92 Å². The standard InChI is InChI=1S/C13H21N5O2/c1-10(2)17(9-11-5-3-4-6-14-11)13-15-7-12(8-16-13)18(19)20/h7-8,10-11,14H,3-6,9H2,1-2H3. The lowest BCUT2D eigenvalue weighted by Crippen LogP contribution is -2.46. The molecule has 1 saturated heterocycles. The highest BCUT2D eigenvalue weighted by Crippen LogP contribution is 2.17. The summed E-state index contributed by atoms with van der Waals surface area (Å²) in [5, 5.41) is 14.1. The zero-order chi connectivity index (χ0) is 14.5. The zero-order valence-electron chi connectivity index (χ0n) is 12.0. The molecule has 7 heteroatoms. The quantitative estimate of drug-likeness (QED) is 0.653. The van der Waals surface area contributed by atoms with Crippen molar-refractivity contribution in [1.82, 2.24) is 15.3 Å². The van der Waals surface area contributed by atoms with Crippen molar-refractivity contribution in [2.75, 3.05) is 18.0 Å². The molecular weight excluding hydrogens is 258 g/mol. The van der Waals surface area contributed by atoms with Crippen molar-refractivity contribution in [3.63, 3.8) is 0 Å². The van der Waals surface area contributed by atoms with E-state index in [1.165, 1.54) is 25.2 Å². The fourth-order valence-electron chi connectivity index (χ4n) is 2.40. The van der Waals surface area contributed by atoms with E-state index in [1.54, 1.807) is 0 Å². The Balaban J connectivity index is 2.09. The molecule has 0 radical (unpaired) electrons. The normalized spacial score (nSPS) is 19.1. The summed E-state index contributed by atoms with van der Waals surface area (Å²) < 4.78 is 0. The van der Waals surface area contributed by atoms with E-state index in [-0.39, 0.29) is 11.7 Å². The Kier molecular flexibility index (Phi) is 4.84. The summed E-state index contributed by atoms with van der Waals surface area (Å²) in [7, 11) is 0. The third kappa shape index (κ3) is 3.63. The Morgan fingerprint density at radius 2 is 2.15 bits per heavy atom. The van der Waals surface area contributed by atoms with Gasteiger partial charge in [-0.15, -0.1) is 0 Å². The highest BCUT2D eigenvalue weighted by molar-refractivity contribution is 5.35. The molecule has 1 aliphatic rings. The van der Waals surface area contributed by atoms with Crippen molar-refractivity contribution in [2.24, 2.45) is 0 Å². The van der Waals surface area contributed by atoms with Crippen molar-refractivity contribution < 1.29 is 4.92 Å². The van der Waals surface area contributed by atoms with E-state index in [4.69, 9.17) is 0 Å². The first-order valence-corrected chi connectivity index (χ1v) is 7.04. The van der Waals surface area contributed by atoms with E-state index >= 15 is 0 Å². The average Bonchev–Trinajstić information content (AvgIpc) is 2.45. The highest BCUT2D eigenvalue weighted by Gasteiger charge is 2.21. The maximum Gasteiger partial charge on any atom is 0.305 e. The lowest BCUT2D eigenvalue weighted by atomic mass is 10.0. The predicted molar refractivity (Wildman–Crippen MR) is 76.8 cm³/mol. The van der Waals surface area contributed by atoms with Gasteiger partial charge in [-0.05, 0) is 33.2 Å². The van der Waals surface area contributed by atoms with E-state index in [1.807, 2.05) is 0 Å². The summed E-state index contributed by atoms with van der Waals surface area (Å²) >= 11 is 0. The van der Waals surface area contributed by atoms with Crippen LogP contribution in [0.4, 0.5) is 11.6 Å². The Morgan fingerprint density at radius 1 is 1.45 bits per heavy atom. The van der Waals surface area contributed by atoms with Crippen molar-refractivity contribution >= 4 is 11.6 Å². The molecule has 0 spiro atoms. The van der Waals surface area contributed by atoms with Gasteiger partial charge in [-0.3, -0.25) is 10.1 Å². The van der Waals surface area contributed by atoms with Gasteiger partial charge in [0.1, 0.15) is 12.4 Å². The molecular formula is C13H21N5O2. The van der Waals surface area contributed by atoms with Crippen LogP contribution in [0.1, 0.15) is 33.1 Å². The number of nitrogens with zero attached hydrogens (tertiary/aromatic N) is 4. The van der Waals surface area contributed by atoms with Gasteiger partial charge >= 0.3 is 5.69 Å². The molecule has 1 aromatic rings. The molecule has 0 aromatic carbocycles. The minimum atomic E-state index is -0.480. The maximum absolute atomic E-state index is 10.6. The average molecular weight is 279 g/mol. The van der Waals surface area contributed by atoms with Gasteiger partial charge in [0.25, 0.3) is 0 Å². The summed E-state index contributed by atoms with van der Waals surface area (Å²) in [4.78, 5) is 20.5. The van der Waals surface area contributed by atoms with E-state index in [0.29, 0.717) is 12.0 Å². The molecule has 1 atom stereocenters. The molecule has 1 unspecified atom stereocenters. The molecule has 2 rings (SSSR count). The largest absolute Gasteiger partial charge is 0.337 e. The van der Waals surface area contributed by atoms with E-state index in [9.17, 15) is 10.1 Å². The predicted octanol–water partition coefficient (Wildman–Crippen LogP) is 1.74. The second-order valence-electron chi connectivity index (χ2n) is 5.39. The fourth-order valence-corrected chi connectivity index (χ4v) is 2.40. The third-order valence-corrected chi connectivity index (χ3v) is 3.55. The van der Waals surface area contributed by atoms with E-state index in [0.717, 1.165) is 19.5 Å². The second kappa shape index (κ2) is 6.60. The van der Waals surface area contributed by atoms with Crippen LogP contribution in [0.3, 0.4) is 0 Å². The molecule has 110 valence electrons. The minimum Gasteiger partial charge on any atom is -0.337 e. The number of nitrogens with one attached hydrogen (secondary N) is 1. The van der Waals surface area contributed by atoms with Gasteiger partial charge in [0.15, 0.2) is 0 Å². The lowest BCUT2D eigenvalue weighted by Gasteiger charge is -2.33. The SMILES string of the molecule is CC(C)N(CC1CCCCN1)c1ncc([N+](=O)[O-])cn1. The molecule has 1 aliphatic heterocycles. The van der Waals surface area contributed by atoms with Gasteiger partial charge in [0.05, 0.1) is 4.92 Å². The number of piperidine rings is 1. The Hall–Kier alpha value is -1.76. The zero-order valence-corrected chi connectivity index (χ0v) is 12.0. The number of hydrogen-bond donors (Lipinski definition) is 1. The lowest BCUT2D eigenvalue weighted by molar-refractivity contribution is -0.385. The van der Waals surface area contributed by atoms with Gasteiger partial charge in [-0.25, -0.2) is 9.97 Å². The molecule has 20 heavy (non-hydrogen) atoms. The van der Waals surface area contributed by atoms with Crippen LogP contribution >= 0.6 is 0 Å². The number of anilines is 1. The van der Waals surface area contributed by atoms with Crippen LogP contribution in [0, 0.1) is 10.1 Å². The van der Waals surface area contributed by atoms with Gasteiger partial charge < -0.3 is 10.2 Å². The van der Waals surface area contributed by atoms with Crippen molar-refractivity contribution in [1.29, 1.82) is 0 Å². The van der Waals surface area contributed by atoms with Gasteiger partial charge in [-0.1, -0.05) is 6.42 Å². The maximum atomic E-state index is 10.6. The van der Waals surface area contributed by atoms with Crippen LogP contribution in [0.5, 0.6) is 0 Å². The highest BCUT2D eigenvalue weighted by atomic mass is 16.6. The number of hydrogen-bond acceptors (Lipinski definition) is 6. The van der Waals surface area contributed by atoms with Crippen LogP contribution in [0.25, 0.3) is 0 Å². The van der Waals surface area contributed by atoms with Gasteiger partial charge in [0.2, 0.25) is 5.95 Å². The summed E-state index contributed by atoms with van der Waals surface area (Å²) in [6, 6.07) is 0.685. The Labute approximate surface area is 118 Å². The van der Waals surface area contributed by atoms with Gasteiger partial charge in [-0.2, -0.15) is 0 Å². The van der Waals surface area contributed by atoms with Gasteiger partial charge in [0, 0.05) is 18.6 Å². The first kappa shape index (κ1) is 14.6. The van der Waals surface area contributed by atoms with Crippen molar-refractivity contribution in [3.05, 3.63) is 22.5 Å². The molecule has 0 aliphatic carbocycles. The number of aromatic nitrogens is 2. The summed E-state index contributed by atoms with van der Waals surface area (Å²) in [6.45, 7) is 6.04. The second-order valence-corrected chi connectivity index (χ2v) is 5.39. The number of nitro groups is 1. The van der Waals surface area contributed by atoms with E-state index in [2.05, 4.69) is 34.0 Å². The molecule has 0 bridgehead atoms. The summed E-state index contributed by atoms with van der Waals surface area (Å²) in [5.74, 6) is 0.554. The van der Waals surface area contributed by atoms with Crippen molar-refractivity contribution in [2.45, 2.75) is 45.2 Å². The topological polar surface area (TPSA) is 84.2 Å². The van der Waals surface area contributed by atoms with Crippen molar-refractivity contribution in [3.8, 4) is 0 Å². The third-order valence-electron chi connectivity index (χ3n) is 3.55. The first-order chi connectivity index (χ1) is 9.58. The smallest absolute Gasteiger partial charge is 0.305 e. The van der Waals surface area contributed by atoms with Crippen LogP contribution in [-0.2, 0) is 0 Å². The van der Waals surface area contributed by atoms with Crippen LogP contribution in [-0.4, -0.2) is 40.1 Å².